The monoisotopic (exact) mass is 406 g/mol. The number of aliphatic hydroxyl groups is 2. The summed E-state index contributed by atoms with van der Waals surface area (Å²) >= 11 is 0. The Bertz CT molecular complexity index is 774. The highest BCUT2D eigenvalue weighted by atomic mass is 16.5. The smallest absolute Gasteiger partial charge is 0.333 e. The van der Waals surface area contributed by atoms with E-state index in [1.807, 2.05) is 13.8 Å². The number of hydrogen-bond acceptors (Lipinski definition) is 7. The molecule has 0 bridgehead atoms. The van der Waals surface area contributed by atoms with Gasteiger partial charge in [-0.3, -0.25) is 9.59 Å². The summed E-state index contributed by atoms with van der Waals surface area (Å²) in [6.45, 7) is 10.6. The van der Waals surface area contributed by atoms with E-state index in [4.69, 9.17) is 9.47 Å². The molecule has 1 unspecified atom stereocenters. The van der Waals surface area contributed by atoms with Crippen LogP contribution >= 0.6 is 0 Å². The Morgan fingerprint density at radius 1 is 1.34 bits per heavy atom. The molecule has 7 heteroatoms. The molecular weight excluding hydrogens is 376 g/mol. The van der Waals surface area contributed by atoms with Gasteiger partial charge in [0.25, 0.3) is 0 Å². The second-order valence-electron chi connectivity index (χ2n) is 8.38. The SMILES string of the molecule is C=CC(O)[C@@H](O)CC1=C(C)[C@@H](OC(=O)[C@@H]2[C@H](C=C(C)C(=O)OC)C2(C)C)CC1=O. The van der Waals surface area contributed by atoms with Gasteiger partial charge < -0.3 is 19.7 Å². The Balaban J connectivity index is 2.08. The summed E-state index contributed by atoms with van der Waals surface area (Å²) in [6.07, 6.45) is -0.0178. The fourth-order valence-corrected chi connectivity index (χ4v) is 3.90. The molecular formula is C22H30O7. The molecule has 160 valence electrons. The van der Waals surface area contributed by atoms with Crippen LogP contribution in [0.3, 0.4) is 0 Å². The van der Waals surface area contributed by atoms with E-state index >= 15 is 0 Å². The molecule has 0 aromatic heterocycles. The number of allylic oxidation sites excluding steroid dienone is 1. The lowest BCUT2D eigenvalue weighted by Gasteiger charge is -2.16. The molecule has 29 heavy (non-hydrogen) atoms. The number of carbonyl (C=O) groups excluding carboxylic acids is 3. The molecule has 0 saturated heterocycles. The lowest BCUT2D eigenvalue weighted by molar-refractivity contribution is -0.150. The van der Waals surface area contributed by atoms with Crippen molar-refractivity contribution in [1.29, 1.82) is 0 Å². The number of rotatable bonds is 8. The van der Waals surface area contributed by atoms with Crippen LogP contribution in [0.2, 0.25) is 0 Å². The molecule has 2 aliphatic carbocycles. The van der Waals surface area contributed by atoms with Gasteiger partial charge in [0.1, 0.15) is 6.10 Å². The highest BCUT2D eigenvalue weighted by Crippen LogP contribution is 2.60. The maximum atomic E-state index is 12.7. The highest BCUT2D eigenvalue weighted by Gasteiger charge is 2.62. The minimum absolute atomic E-state index is 0.0233. The number of Topliss-reactive ketones (excluding diaryl/α,β-unsaturated/α-hetero) is 1. The van der Waals surface area contributed by atoms with Crippen LogP contribution < -0.4 is 0 Å². The first-order valence-electron chi connectivity index (χ1n) is 9.64. The van der Waals surface area contributed by atoms with Crippen molar-refractivity contribution in [1.82, 2.24) is 0 Å². The Kier molecular flexibility index (Phi) is 6.86. The molecule has 5 atom stereocenters. The Morgan fingerprint density at radius 3 is 2.52 bits per heavy atom. The van der Waals surface area contributed by atoms with Crippen molar-refractivity contribution in [3.63, 3.8) is 0 Å². The summed E-state index contributed by atoms with van der Waals surface area (Å²) in [5, 5.41) is 19.6. The number of carbonyl (C=O) groups is 3. The Morgan fingerprint density at radius 2 is 1.97 bits per heavy atom. The number of hydrogen-bond donors (Lipinski definition) is 2. The number of ether oxygens (including phenoxy) is 2. The van der Waals surface area contributed by atoms with Crippen LogP contribution in [-0.2, 0) is 23.9 Å². The third-order valence-corrected chi connectivity index (χ3v) is 6.08. The van der Waals surface area contributed by atoms with Gasteiger partial charge in [-0.05, 0) is 30.8 Å². The number of methoxy groups -OCH3 is 1. The van der Waals surface area contributed by atoms with Gasteiger partial charge in [-0.15, -0.1) is 6.58 Å². The summed E-state index contributed by atoms with van der Waals surface area (Å²) in [5.41, 5.74) is 1.05. The minimum atomic E-state index is -1.14. The van der Waals surface area contributed by atoms with Gasteiger partial charge in [-0.2, -0.15) is 0 Å². The molecule has 2 N–H and O–H groups in total. The van der Waals surface area contributed by atoms with Crippen molar-refractivity contribution in [2.24, 2.45) is 17.3 Å². The van der Waals surface area contributed by atoms with Crippen molar-refractivity contribution >= 4 is 17.7 Å². The summed E-state index contributed by atoms with van der Waals surface area (Å²) in [4.78, 5) is 36.7. The molecule has 1 saturated carbocycles. The molecule has 1 fully saturated rings. The van der Waals surface area contributed by atoms with E-state index < -0.39 is 36.2 Å². The molecule has 2 rings (SSSR count). The minimum Gasteiger partial charge on any atom is -0.466 e. The second-order valence-corrected chi connectivity index (χ2v) is 8.38. The standard InChI is InChI=1S/C22H30O7/c1-7-15(23)17(25)9-13-12(3)18(10-16(13)24)29-21(27)19-14(22(19,4)5)8-11(2)20(26)28-6/h7-8,14-15,17-19,23,25H,1,9-10H2,2-6H3/t14-,15?,17-,18-,19-/m0/s1. The highest BCUT2D eigenvalue weighted by molar-refractivity contribution is 6.00. The van der Waals surface area contributed by atoms with Gasteiger partial charge in [0, 0.05) is 17.6 Å². The summed E-state index contributed by atoms with van der Waals surface area (Å²) in [6, 6.07) is 0. The zero-order valence-electron chi connectivity index (χ0n) is 17.6. The fraction of sp³-hybridized carbons (Fsp3) is 0.591. The molecule has 0 amide bonds. The quantitative estimate of drug-likeness (QED) is 0.360. The van der Waals surface area contributed by atoms with Crippen molar-refractivity contribution in [3.8, 4) is 0 Å². The molecule has 0 aromatic carbocycles. The van der Waals surface area contributed by atoms with Gasteiger partial charge in [-0.1, -0.05) is 26.0 Å². The average Bonchev–Trinajstić information content (AvgIpc) is 3.11. The lowest BCUT2D eigenvalue weighted by Crippen LogP contribution is -2.25. The van der Waals surface area contributed by atoms with E-state index in [0.717, 1.165) is 0 Å². The third-order valence-electron chi connectivity index (χ3n) is 6.08. The van der Waals surface area contributed by atoms with Crippen LogP contribution in [0.1, 0.15) is 40.5 Å². The van der Waals surface area contributed by atoms with E-state index in [2.05, 4.69) is 6.58 Å². The Labute approximate surface area is 171 Å². The first kappa shape index (κ1) is 23.0. The van der Waals surface area contributed by atoms with Crippen LogP contribution in [0.15, 0.2) is 35.5 Å². The van der Waals surface area contributed by atoms with Gasteiger partial charge in [-0.25, -0.2) is 4.79 Å². The van der Waals surface area contributed by atoms with Crippen LogP contribution in [-0.4, -0.2) is 53.4 Å². The zero-order valence-corrected chi connectivity index (χ0v) is 17.6. The van der Waals surface area contributed by atoms with Crippen molar-refractivity contribution < 1.29 is 34.1 Å². The Hall–Kier alpha value is -2.25. The maximum Gasteiger partial charge on any atom is 0.333 e. The van der Waals surface area contributed by atoms with Crippen LogP contribution in [0, 0.1) is 17.3 Å². The van der Waals surface area contributed by atoms with E-state index in [1.165, 1.54) is 13.2 Å². The van der Waals surface area contributed by atoms with Crippen LogP contribution in [0.25, 0.3) is 0 Å². The largest absolute Gasteiger partial charge is 0.466 e. The number of ketones is 1. The molecule has 0 radical (unpaired) electrons. The van der Waals surface area contributed by atoms with Crippen LogP contribution in [0.4, 0.5) is 0 Å². The molecule has 2 aliphatic rings. The van der Waals surface area contributed by atoms with Gasteiger partial charge in [0.15, 0.2) is 5.78 Å². The maximum absolute atomic E-state index is 12.7. The molecule has 0 spiro atoms. The number of esters is 2. The van der Waals surface area contributed by atoms with Crippen molar-refractivity contribution in [3.05, 3.63) is 35.5 Å². The van der Waals surface area contributed by atoms with Gasteiger partial charge in [0.05, 0.1) is 31.7 Å². The molecule has 0 aromatic rings. The molecule has 7 nitrogen and oxygen atoms in total. The van der Waals surface area contributed by atoms with Gasteiger partial charge >= 0.3 is 11.9 Å². The predicted octanol–water partition coefficient (Wildman–Crippen LogP) is 1.88. The number of aliphatic hydroxyl groups excluding tert-OH is 2. The van der Waals surface area contributed by atoms with E-state index in [1.54, 1.807) is 19.9 Å². The molecule has 0 heterocycles. The summed E-state index contributed by atoms with van der Waals surface area (Å²) in [7, 11) is 1.30. The zero-order chi connectivity index (χ0) is 22.1. The molecule has 0 aliphatic heterocycles. The van der Waals surface area contributed by atoms with E-state index in [0.29, 0.717) is 16.7 Å². The lowest BCUT2D eigenvalue weighted by atomic mass is 10.0. The third kappa shape index (κ3) is 4.67. The predicted molar refractivity (Wildman–Crippen MR) is 106 cm³/mol. The van der Waals surface area contributed by atoms with Gasteiger partial charge in [0.2, 0.25) is 0 Å². The topological polar surface area (TPSA) is 110 Å². The van der Waals surface area contributed by atoms with E-state index in [9.17, 15) is 24.6 Å². The summed E-state index contributed by atoms with van der Waals surface area (Å²) in [5.74, 6) is -1.63. The second kappa shape index (κ2) is 8.63. The first-order valence-corrected chi connectivity index (χ1v) is 9.64. The normalized spacial score (nSPS) is 28.0. The van der Waals surface area contributed by atoms with Crippen LogP contribution in [0.5, 0.6) is 0 Å². The average molecular weight is 406 g/mol. The van der Waals surface area contributed by atoms with Crippen molar-refractivity contribution in [2.45, 2.75) is 58.8 Å². The summed E-state index contributed by atoms with van der Waals surface area (Å²) < 4.78 is 10.3. The van der Waals surface area contributed by atoms with E-state index in [-0.39, 0.29) is 30.0 Å². The fourth-order valence-electron chi connectivity index (χ4n) is 3.90. The van der Waals surface area contributed by atoms with Crippen molar-refractivity contribution in [2.75, 3.05) is 7.11 Å². The first-order chi connectivity index (χ1) is 13.4.